The first kappa shape index (κ1) is 60.4. The highest BCUT2D eigenvalue weighted by atomic mass is 16.5. The number of aryl methyl sites for hydroxylation is 1. The van der Waals surface area contributed by atoms with E-state index >= 15 is 0 Å². The molecule has 0 aromatic heterocycles. The van der Waals surface area contributed by atoms with Crippen molar-refractivity contribution in [3.63, 3.8) is 0 Å². The molecule has 0 aliphatic rings. The molecule has 0 saturated carbocycles. The molecular formula is C46H82N6O9. The number of nitrogens with one attached hydrogen (secondary N) is 3. The van der Waals surface area contributed by atoms with E-state index < -0.39 is 72.7 Å². The molecule has 0 aliphatic heterocycles. The lowest BCUT2D eigenvalue weighted by atomic mass is 9.92. The summed E-state index contributed by atoms with van der Waals surface area (Å²) >= 11 is 0. The Morgan fingerprint density at radius 2 is 1.31 bits per heavy atom. The third kappa shape index (κ3) is 29.8. The highest BCUT2D eigenvalue weighted by Crippen LogP contribution is 2.19. The SMILES string of the molecule is CC.CC(C)C.CCC(C)C(NC(=O)CN(C)C(=O)CN(C)C(=O)C(C)NC(=O)COC(=O)/C(C)=C/CCC(C)C[C@@H](C)CC)C(=O)N[C@H](C)C(N)=O.Cc1ccc(O)cc1. The Morgan fingerprint density at radius 1 is 0.770 bits per heavy atom. The summed E-state index contributed by atoms with van der Waals surface area (Å²) in [5, 5.41) is 16.3. The Morgan fingerprint density at radius 3 is 1.79 bits per heavy atom. The van der Waals surface area contributed by atoms with Crippen molar-refractivity contribution in [1.82, 2.24) is 25.8 Å². The molecule has 15 nitrogen and oxygen atoms in total. The maximum Gasteiger partial charge on any atom is 0.333 e. The van der Waals surface area contributed by atoms with Crippen molar-refractivity contribution in [2.75, 3.05) is 33.8 Å². The molecule has 6 atom stereocenters. The minimum Gasteiger partial charge on any atom is -0.508 e. The van der Waals surface area contributed by atoms with E-state index in [1.165, 1.54) is 33.5 Å². The van der Waals surface area contributed by atoms with E-state index in [9.17, 15) is 33.6 Å². The van der Waals surface area contributed by atoms with Gasteiger partial charge in [-0.15, -0.1) is 0 Å². The number of hydrogen-bond acceptors (Lipinski definition) is 9. The molecule has 0 heterocycles. The average molecular weight is 863 g/mol. The van der Waals surface area contributed by atoms with Crippen LogP contribution in [0, 0.1) is 30.6 Å². The molecule has 0 spiro atoms. The van der Waals surface area contributed by atoms with Gasteiger partial charge in [-0.05, 0) is 82.8 Å². The van der Waals surface area contributed by atoms with Gasteiger partial charge in [0.2, 0.25) is 29.5 Å². The zero-order valence-corrected chi connectivity index (χ0v) is 40.3. The third-order valence-corrected chi connectivity index (χ3v) is 9.20. The molecular weight excluding hydrogens is 781 g/mol. The van der Waals surface area contributed by atoms with Crippen molar-refractivity contribution in [3.05, 3.63) is 41.5 Å². The van der Waals surface area contributed by atoms with Gasteiger partial charge in [0.05, 0.1) is 13.1 Å². The highest BCUT2D eigenvalue weighted by Gasteiger charge is 2.29. The minimum absolute atomic E-state index is 0.275. The van der Waals surface area contributed by atoms with Crippen LogP contribution < -0.4 is 21.7 Å². The normalized spacial score (nSPS) is 13.6. The van der Waals surface area contributed by atoms with Gasteiger partial charge in [0.1, 0.15) is 23.9 Å². The average Bonchev–Trinajstić information content (AvgIpc) is 3.19. The minimum atomic E-state index is -1.02. The molecule has 0 aliphatic carbocycles. The first-order valence-electron chi connectivity index (χ1n) is 21.6. The summed E-state index contributed by atoms with van der Waals surface area (Å²) in [6, 6.07) is 4.18. The van der Waals surface area contributed by atoms with Crippen molar-refractivity contribution < 1.29 is 43.4 Å². The number of phenolic OH excluding ortho intramolecular Hbond substituents is 1. The second-order valence-electron chi connectivity index (χ2n) is 16.3. The van der Waals surface area contributed by atoms with Crippen molar-refractivity contribution >= 4 is 41.4 Å². The fourth-order valence-electron chi connectivity index (χ4n) is 5.10. The number of likely N-dealkylation sites (N-methyl/N-ethyl adjacent to an activating group) is 2. The van der Waals surface area contributed by atoms with Crippen LogP contribution in [0.1, 0.15) is 128 Å². The number of nitrogens with two attached hydrogens (primary N) is 1. The summed E-state index contributed by atoms with van der Waals surface area (Å²) in [4.78, 5) is 89.1. The molecule has 1 aromatic carbocycles. The predicted octanol–water partition coefficient (Wildman–Crippen LogP) is 5.66. The zero-order chi connectivity index (χ0) is 48.0. The zero-order valence-electron chi connectivity index (χ0n) is 40.3. The number of carbonyl (C=O) groups is 7. The fraction of sp³-hybridized carbons (Fsp3) is 0.674. The van der Waals surface area contributed by atoms with E-state index in [1.54, 1.807) is 32.1 Å². The van der Waals surface area contributed by atoms with Gasteiger partial charge in [-0.25, -0.2) is 4.79 Å². The Kier molecular flexibility index (Phi) is 33.4. The topological polar surface area (TPSA) is 218 Å². The van der Waals surface area contributed by atoms with Crippen LogP contribution >= 0.6 is 0 Å². The van der Waals surface area contributed by atoms with Crippen LogP contribution in [-0.2, 0) is 38.3 Å². The first-order valence-corrected chi connectivity index (χ1v) is 21.6. The maximum absolute atomic E-state index is 12.8. The molecule has 0 fully saturated rings. The predicted molar refractivity (Wildman–Crippen MR) is 243 cm³/mol. The van der Waals surface area contributed by atoms with Crippen LogP contribution in [0.15, 0.2) is 35.9 Å². The molecule has 6 N–H and O–H groups in total. The molecule has 0 saturated heterocycles. The Bertz CT molecular complexity index is 1470. The summed E-state index contributed by atoms with van der Waals surface area (Å²) in [7, 11) is 2.75. The maximum atomic E-state index is 12.8. The monoisotopic (exact) mass is 863 g/mol. The summed E-state index contributed by atoms with van der Waals surface area (Å²) in [5.41, 5.74) is 6.79. The molecule has 350 valence electrons. The van der Waals surface area contributed by atoms with Crippen LogP contribution in [0.4, 0.5) is 0 Å². The van der Waals surface area contributed by atoms with Crippen LogP contribution in [0.25, 0.3) is 0 Å². The van der Waals surface area contributed by atoms with Crippen LogP contribution in [0.5, 0.6) is 5.75 Å². The summed E-state index contributed by atoms with van der Waals surface area (Å²) in [5.74, 6) is -2.25. The lowest BCUT2D eigenvalue weighted by Gasteiger charge is -2.27. The van der Waals surface area contributed by atoms with E-state index in [0.717, 1.165) is 41.4 Å². The molecule has 4 unspecified atom stereocenters. The summed E-state index contributed by atoms with van der Waals surface area (Å²) < 4.78 is 5.08. The fourth-order valence-corrected chi connectivity index (χ4v) is 5.10. The van der Waals surface area contributed by atoms with Crippen LogP contribution in [0.2, 0.25) is 0 Å². The van der Waals surface area contributed by atoms with Gasteiger partial charge in [0.25, 0.3) is 5.91 Å². The Hall–Kier alpha value is -4.95. The van der Waals surface area contributed by atoms with Gasteiger partial charge in [-0.3, -0.25) is 28.8 Å². The van der Waals surface area contributed by atoms with Gasteiger partial charge in [0.15, 0.2) is 6.61 Å². The third-order valence-electron chi connectivity index (χ3n) is 9.20. The molecule has 61 heavy (non-hydrogen) atoms. The second kappa shape index (κ2) is 33.7. The van der Waals surface area contributed by atoms with E-state index in [4.69, 9.17) is 15.6 Å². The number of amides is 6. The number of allylic oxidation sites excluding steroid dienone is 1. The molecule has 1 rings (SSSR count). The molecule has 0 radical (unpaired) electrons. The molecule has 15 heteroatoms. The van der Waals surface area contributed by atoms with Gasteiger partial charge < -0.3 is 41.3 Å². The standard InChI is InChI=1S/C33H58N6O8.C7H8O.C4H10.C2H6/c1-11-20(3)16-21(4)14-13-15-23(6)33(46)47-19-27(41)35-25(8)32(45)39(10)18-28(42)38(9)17-26(40)37-29(22(5)12-2)31(44)36-24(7)30(34)43;1-6-2-4-7(8)5-3-6;1-4(2)3;1-2/h15,20-22,24-25,29H,11-14,16-19H2,1-10H3,(H2,34,43)(H,35,41)(H,36,44)(H,37,40);2-5,8H,1H3;4H,1-3H3;1-2H3/b23-15+;;;/t20-,21?,22?,24+,25?,29?;;;/m0.../s1. The number of ether oxygens (including phenoxy) is 1. The van der Waals surface area contributed by atoms with Gasteiger partial charge >= 0.3 is 5.97 Å². The summed E-state index contributed by atoms with van der Waals surface area (Å²) in [6.07, 6.45) is 6.30. The van der Waals surface area contributed by atoms with E-state index in [0.29, 0.717) is 29.6 Å². The quantitative estimate of drug-likeness (QED) is 0.0760. The molecule has 1 aromatic rings. The van der Waals surface area contributed by atoms with Crippen molar-refractivity contribution in [2.45, 2.75) is 147 Å². The van der Waals surface area contributed by atoms with Crippen LogP contribution in [-0.4, -0.2) is 108 Å². The van der Waals surface area contributed by atoms with Crippen molar-refractivity contribution in [1.29, 1.82) is 0 Å². The molecule has 0 bridgehead atoms. The lowest BCUT2D eigenvalue weighted by Crippen LogP contribution is -2.56. The second-order valence-corrected chi connectivity index (χ2v) is 16.3. The van der Waals surface area contributed by atoms with Crippen molar-refractivity contribution in [3.8, 4) is 5.75 Å². The number of phenols is 1. The highest BCUT2D eigenvalue weighted by molar-refractivity contribution is 5.94. The van der Waals surface area contributed by atoms with Gasteiger partial charge in [-0.1, -0.05) is 106 Å². The largest absolute Gasteiger partial charge is 0.508 e. The smallest absolute Gasteiger partial charge is 0.333 e. The lowest BCUT2D eigenvalue weighted by molar-refractivity contribution is -0.146. The Labute approximate surface area is 367 Å². The Balaban J connectivity index is -0.00000203. The number of aromatic hydroxyl groups is 1. The van der Waals surface area contributed by atoms with Gasteiger partial charge in [-0.2, -0.15) is 0 Å². The summed E-state index contributed by atoms with van der Waals surface area (Å²) in [6.45, 7) is 25.8. The molecule has 6 amide bonds. The number of benzene rings is 1. The van der Waals surface area contributed by atoms with Gasteiger partial charge in [0, 0.05) is 19.7 Å². The van der Waals surface area contributed by atoms with Crippen LogP contribution in [0.3, 0.4) is 0 Å². The number of hydrogen-bond donors (Lipinski definition) is 5. The van der Waals surface area contributed by atoms with E-state index in [-0.39, 0.29) is 12.5 Å². The number of primary amides is 1. The first-order chi connectivity index (χ1) is 28.4. The number of rotatable bonds is 21. The number of esters is 1. The van der Waals surface area contributed by atoms with E-state index in [1.807, 2.05) is 39.8 Å². The number of carbonyl (C=O) groups excluding carboxylic acids is 7. The number of nitrogens with zero attached hydrogens (tertiary/aromatic N) is 2. The van der Waals surface area contributed by atoms with Crippen molar-refractivity contribution in [2.24, 2.45) is 29.4 Å². The van der Waals surface area contributed by atoms with E-state index in [2.05, 4.69) is 57.5 Å².